The van der Waals surface area contributed by atoms with Crippen LogP contribution in [0.25, 0.3) is 17.0 Å². The second kappa shape index (κ2) is 9.35. The van der Waals surface area contributed by atoms with Crippen LogP contribution in [0.3, 0.4) is 0 Å². The van der Waals surface area contributed by atoms with Crippen LogP contribution in [0, 0.1) is 19.8 Å². The third-order valence-electron chi connectivity index (χ3n) is 5.99. The van der Waals surface area contributed by atoms with Gasteiger partial charge in [-0.25, -0.2) is 0 Å². The molecule has 0 radical (unpaired) electrons. The molecule has 1 aliphatic rings. The van der Waals surface area contributed by atoms with Crippen LogP contribution in [0.2, 0.25) is 0 Å². The number of hydrogen-bond donors (Lipinski definition) is 1. The summed E-state index contributed by atoms with van der Waals surface area (Å²) in [4.78, 5) is 6.91. The summed E-state index contributed by atoms with van der Waals surface area (Å²) in [5.74, 6) is 2.19. The smallest absolute Gasteiger partial charge is 0.258 e. The van der Waals surface area contributed by atoms with Gasteiger partial charge in [-0.2, -0.15) is 4.98 Å². The topological polar surface area (TPSA) is 63.4 Å². The van der Waals surface area contributed by atoms with Gasteiger partial charge in [-0.3, -0.25) is 0 Å². The number of thiocarbonyl (C=S) groups is 1. The zero-order valence-electron chi connectivity index (χ0n) is 20.0. The average molecular weight is 463 g/mol. The number of ether oxygens (including phenoxy) is 1. The molecule has 0 aliphatic carbocycles. The molecule has 0 amide bonds. The standard InChI is InChI=1S/C26H30N4O2S/c1-15(2)14-30-18(5)22(23(27-26(30)33)19-11-10-16(3)17(4)12-19)25-28-24(29-32-25)20-8-7-9-21(13-20)31-6/h7-13,15,23H,14H2,1-6H3,(H,27,33). The summed E-state index contributed by atoms with van der Waals surface area (Å²) < 4.78 is 11.2. The summed E-state index contributed by atoms with van der Waals surface area (Å²) in [6, 6.07) is 13.9. The molecule has 2 heterocycles. The van der Waals surface area contributed by atoms with Gasteiger partial charge in [0.15, 0.2) is 5.11 Å². The summed E-state index contributed by atoms with van der Waals surface area (Å²) in [5.41, 5.74) is 6.39. The lowest BCUT2D eigenvalue weighted by Gasteiger charge is -2.38. The molecule has 6 nitrogen and oxygen atoms in total. The predicted molar refractivity (Wildman–Crippen MR) is 135 cm³/mol. The van der Waals surface area contributed by atoms with Gasteiger partial charge in [-0.05, 0) is 67.7 Å². The molecule has 1 N–H and O–H groups in total. The second-order valence-corrected chi connectivity index (χ2v) is 9.27. The Morgan fingerprint density at radius 2 is 1.91 bits per heavy atom. The van der Waals surface area contributed by atoms with Gasteiger partial charge in [0.25, 0.3) is 5.89 Å². The first-order valence-corrected chi connectivity index (χ1v) is 11.5. The minimum Gasteiger partial charge on any atom is -0.497 e. The fourth-order valence-corrected chi connectivity index (χ4v) is 4.38. The van der Waals surface area contributed by atoms with E-state index in [-0.39, 0.29) is 6.04 Å². The van der Waals surface area contributed by atoms with E-state index in [0.29, 0.717) is 22.7 Å². The summed E-state index contributed by atoms with van der Waals surface area (Å²) >= 11 is 5.77. The van der Waals surface area contributed by atoms with E-state index < -0.39 is 0 Å². The van der Waals surface area contributed by atoms with Gasteiger partial charge in [0.1, 0.15) is 5.75 Å². The lowest BCUT2D eigenvalue weighted by Crippen LogP contribution is -2.47. The Kier molecular flexibility index (Phi) is 6.51. The van der Waals surface area contributed by atoms with Crippen molar-refractivity contribution in [3.63, 3.8) is 0 Å². The van der Waals surface area contributed by atoms with E-state index in [1.165, 1.54) is 11.1 Å². The van der Waals surface area contributed by atoms with Crippen molar-refractivity contribution in [1.29, 1.82) is 0 Å². The van der Waals surface area contributed by atoms with Gasteiger partial charge in [0.2, 0.25) is 5.82 Å². The molecule has 4 rings (SSSR count). The largest absolute Gasteiger partial charge is 0.497 e. The van der Waals surface area contributed by atoms with Gasteiger partial charge in [-0.1, -0.05) is 49.3 Å². The van der Waals surface area contributed by atoms with Gasteiger partial charge in [-0.15, -0.1) is 0 Å². The monoisotopic (exact) mass is 462 g/mol. The molecule has 1 atom stereocenters. The van der Waals surface area contributed by atoms with Gasteiger partial charge >= 0.3 is 0 Å². The van der Waals surface area contributed by atoms with E-state index >= 15 is 0 Å². The highest BCUT2D eigenvalue weighted by atomic mass is 32.1. The molecule has 0 saturated carbocycles. The molecule has 1 aliphatic heterocycles. The Hall–Kier alpha value is -3.19. The van der Waals surface area contributed by atoms with E-state index in [1.54, 1.807) is 7.11 Å². The van der Waals surface area contributed by atoms with Crippen molar-refractivity contribution in [2.45, 2.75) is 40.7 Å². The Morgan fingerprint density at radius 1 is 1.12 bits per heavy atom. The Morgan fingerprint density at radius 3 is 2.61 bits per heavy atom. The Bertz CT molecular complexity index is 1210. The minimum absolute atomic E-state index is 0.182. The lowest BCUT2D eigenvalue weighted by molar-refractivity contribution is 0.385. The maximum atomic E-state index is 5.83. The number of hydrogen-bond acceptors (Lipinski definition) is 5. The molecule has 0 spiro atoms. The van der Waals surface area contributed by atoms with Gasteiger partial charge in [0.05, 0.1) is 18.7 Å². The molecule has 0 bridgehead atoms. The fraction of sp³-hybridized carbons (Fsp3) is 0.346. The molecule has 0 saturated heterocycles. The maximum Gasteiger partial charge on any atom is 0.258 e. The highest BCUT2D eigenvalue weighted by Crippen LogP contribution is 2.38. The van der Waals surface area contributed by atoms with E-state index in [0.717, 1.165) is 34.7 Å². The molecule has 0 fully saturated rings. The van der Waals surface area contributed by atoms with E-state index in [2.05, 4.69) is 68.2 Å². The van der Waals surface area contributed by atoms with Crippen LogP contribution >= 0.6 is 12.2 Å². The first-order chi connectivity index (χ1) is 15.8. The minimum atomic E-state index is -0.182. The van der Waals surface area contributed by atoms with Crippen molar-refractivity contribution in [3.8, 4) is 17.1 Å². The third-order valence-corrected chi connectivity index (χ3v) is 6.33. The highest BCUT2D eigenvalue weighted by Gasteiger charge is 2.34. The van der Waals surface area contributed by atoms with Gasteiger partial charge < -0.3 is 19.5 Å². The molecule has 1 unspecified atom stereocenters. The number of nitrogens with zero attached hydrogens (tertiary/aromatic N) is 3. The number of nitrogens with one attached hydrogen (secondary N) is 1. The Balaban J connectivity index is 1.82. The van der Waals surface area contributed by atoms with Crippen molar-refractivity contribution >= 4 is 22.9 Å². The number of methoxy groups -OCH3 is 1. The third kappa shape index (κ3) is 4.64. The lowest BCUT2D eigenvalue weighted by atomic mass is 9.92. The van der Waals surface area contributed by atoms with Crippen LogP contribution in [0.4, 0.5) is 0 Å². The number of benzene rings is 2. The Labute approximate surface area is 200 Å². The molecular formula is C26H30N4O2S. The summed E-state index contributed by atoms with van der Waals surface area (Å²) in [6.07, 6.45) is 0. The zero-order valence-corrected chi connectivity index (χ0v) is 20.8. The number of allylic oxidation sites excluding steroid dienone is 1. The van der Waals surface area contributed by atoms with Crippen LogP contribution in [-0.4, -0.2) is 33.8 Å². The van der Waals surface area contributed by atoms with E-state index in [4.69, 9.17) is 26.5 Å². The van der Waals surface area contributed by atoms with Crippen LogP contribution in [-0.2, 0) is 0 Å². The summed E-state index contributed by atoms with van der Waals surface area (Å²) in [7, 11) is 1.64. The molecular weight excluding hydrogens is 432 g/mol. The fourth-order valence-electron chi connectivity index (χ4n) is 4.05. The predicted octanol–water partition coefficient (Wildman–Crippen LogP) is 5.68. The second-order valence-electron chi connectivity index (χ2n) is 8.88. The highest BCUT2D eigenvalue weighted by molar-refractivity contribution is 7.80. The molecule has 33 heavy (non-hydrogen) atoms. The molecule has 2 aromatic carbocycles. The summed E-state index contributed by atoms with van der Waals surface area (Å²) in [5, 5.41) is 8.52. The zero-order chi connectivity index (χ0) is 23.7. The average Bonchev–Trinajstić information content (AvgIpc) is 3.28. The van der Waals surface area contributed by atoms with Crippen LogP contribution in [0.15, 0.2) is 52.7 Å². The van der Waals surface area contributed by atoms with Crippen molar-refractivity contribution in [1.82, 2.24) is 20.4 Å². The molecule has 3 aromatic rings. The number of rotatable bonds is 6. The van der Waals surface area contributed by atoms with Crippen LogP contribution in [0.1, 0.15) is 49.4 Å². The van der Waals surface area contributed by atoms with Crippen molar-refractivity contribution in [2.75, 3.05) is 13.7 Å². The van der Waals surface area contributed by atoms with Crippen molar-refractivity contribution < 1.29 is 9.26 Å². The van der Waals surface area contributed by atoms with E-state index in [9.17, 15) is 0 Å². The van der Waals surface area contributed by atoms with E-state index in [1.807, 2.05) is 24.3 Å². The SMILES string of the molecule is COc1cccc(-c2noc(C3=C(C)N(CC(C)C)C(=S)NC3c3ccc(C)c(C)c3)n2)c1. The quantitative estimate of drug-likeness (QED) is 0.473. The van der Waals surface area contributed by atoms with Gasteiger partial charge in [0, 0.05) is 17.8 Å². The van der Waals surface area contributed by atoms with Crippen molar-refractivity contribution in [2.24, 2.45) is 5.92 Å². The van der Waals surface area contributed by atoms with Crippen LogP contribution < -0.4 is 10.1 Å². The molecule has 7 heteroatoms. The maximum absolute atomic E-state index is 5.83. The first-order valence-electron chi connectivity index (χ1n) is 11.1. The number of aromatic nitrogens is 2. The first kappa shape index (κ1) is 23.0. The normalized spacial score (nSPS) is 16.4. The molecule has 172 valence electrons. The molecule has 1 aromatic heterocycles. The summed E-state index contributed by atoms with van der Waals surface area (Å²) in [6.45, 7) is 11.5. The number of aryl methyl sites for hydroxylation is 2. The van der Waals surface area contributed by atoms with Crippen molar-refractivity contribution in [3.05, 3.63) is 70.7 Å². The van der Waals surface area contributed by atoms with Crippen LogP contribution in [0.5, 0.6) is 5.75 Å².